The standard InChI is InChI=1S/C10H20O2/c1-5-9(12-8-11)6-7-10(2,3)4/h8-9H,5-7H2,1-4H3. The Bertz CT molecular complexity index is 124. The van der Waals surface area contributed by atoms with E-state index in [0.29, 0.717) is 11.9 Å². The van der Waals surface area contributed by atoms with Crippen molar-refractivity contribution >= 4 is 6.47 Å². The molecule has 0 rings (SSSR count). The van der Waals surface area contributed by atoms with E-state index in [2.05, 4.69) is 20.8 Å². The highest BCUT2D eigenvalue weighted by Crippen LogP contribution is 2.22. The van der Waals surface area contributed by atoms with Crippen molar-refractivity contribution in [3.8, 4) is 0 Å². The summed E-state index contributed by atoms with van der Waals surface area (Å²) in [7, 11) is 0. The van der Waals surface area contributed by atoms with Crippen LogP contribution in [0.15, 0.2) is 0 Å². The van der Waals surface area contributed by atoms with Crippen LogP contribution in [0.1, 0.15) is 47.0 Å². The predicted octanol–water partition coefficient (Wildman–Crippen LogP) is 2.76. The molecule has 0 aromatic carbocycles. The summed E-state index contributed by atoms with van der Waals surface area (Å²) in [4.78, 5) is 10.1. The number of rotatable bonds is 5. The molecule has 0 aromatic rings. The molecule has 1 unspecified atom stereocenters. The van der Waals surface area contributed by atoms with E-state index in [1.54, 1.807) is 0 Å². The zero-order chi connectivity index (χ0) is 9.61. The molecule has 2 heteroatoms. The Labute approximate surface area is 75.3 Å². The molecular formula is C10H20O2. The second-order valence-electron chi connectivity index (χ2n) is 4.36. The maximum atomic E-state index is 10.1. The summed E-state index contributed by atoms with van der Waals surface area (Å²) in [6.45, 7) is 9.18. The van der Waals surface area contributed by atoms with Gasteiger partial charge in [0.05, 0.1) is 0 Å². The van der Waals surface area contributed by atoms with Crippen molar-refractivity contribution in [3.63, 3.8) is 0 Å². The average Bonchev–Trinajstić information content (AvgIpc) is 1.96. The Morgan fingerprint density at radius 3 is 2.33 bits per heavy atom. The van der Waals surface area contributed by atoms with Crippen LogP contribution in [0.5, 0.6) is 0 Å². The highest BCUT2D eigenvalue weighted by atomic mass is 16.5. The lowest BCUT2D eigenvalue weighted by atomic mass is 9.89. The molecule has 0 fully saturated rings. The minimum Gasteiger partial charge on any atom is -0.465 e. The molecule has 1 atom stereocenters. The lowest BCUT2D eigenvalue weighted by Gasteiger charge is -2.21. The Morgan fingerprint density at radius 1 is 1.42 bits per heavy atom. The van der Waals surface area contributed by atoms with E-state index in [1.165, 1.54) is 0 Å². The molecule has 0 aliphatic heterocycles. The molecule has 0 aliphatic rings. The summed E-state index contributed by atoms with van der Waals surface area (Å²) < 4.78 is 4.91. The summed E-state index contributed by atoms with van der Waals surface area (Å²) >= 11 is 0. The third-order valence-electron chi connectivity index (χ3n) is 1.92. The summed E-state index contributed by atoms with van der Waals surface area (Å²) in [6, 6.07) is 0. The molecule has 0 aliphatic carbocycles. The number of hydrogen-bond donors (Lipinski definition) is 0. The predicted molar refractivity (Wildman–Crippen MR) is 49.9 cm³/mol. The number of hydrogen-bond acceptors (Lipinski definition) is 2. The Kier molecular flexibility index (Phi) is 4.95. The number of ether oxygens (including phenoxy) is 1. The van der Waals surface area contributed by atoms with Crippen LogP contribution in [0, 0.1) is 5.41 Å². The summed E-state index contributed by atoms with van der Waals surface area (Å²) in [5, 5.41) is 0. The largest absolute Gasteiger partial charge is 0.465 e. The van der Waals surface area contributed by atoms with E-state index >= 15 is 0 Å². The van der Waals surface area contributed by atoms with Crippen molar-refractivity contribution < 1.29 is 9.53 Å². The third-order valence-corrected chi connectivity index (χ3v) is 1.92. The molecule has 0 saturated heterocycles. The van der Waals surface area contributed by atoms with Gasteiger partial charge in [-0.3, -0.25) is 4.79 Å². The third kappa shape index (κ3) is 6.20. The molecule has 0 amide bonds. The average molecular weight is 172 g/mol. The highest BCUT2D eigenvalue weighted by Gasteiger charge is 2.14. The Morgan fingerprint density at radius 2 is 2.00 bits per heavy atom. The molecule has 2 nitrogen and oxygen atoms in total. The normalized spacial score (nSPS) is 14.0. The second-order valence-corrected chi connectivity index (χ2v) is 4.36. The lowest BCUT2D eigenvalue weighted by molar-refractivity contribution is -0.134. The maximum Gasteiger partial charge on any atom is 0.293 e. The SMILES string of the molecule is CCC(CCC(C)(C)C)OC=O. The number of carbonyl (C=O) groups excluding carboxylic acids is 1. The molecule has 0 radical (unpaired) electrons. The van der Waals surface area contributed by atoms with E-state index in [-0.39, 0.29) is 6.10 Å². The first-order chi connectivity index (χ1) is 5.49. The monoisotopic (exact) mass is 172 g/mol. The summed E-state index contributed by atoms with van der Waals surface area (Å²) in [5.41, 5.74) is 0.333. The van der Waals surface area contributed by atoms with Gasteiger partial charge in [0, 0.05) is 0 Å². The Balaban J connectivity index is 3.64. The van der Waals surface area contributed by atoms with Gasteiger partial charge in [0.2, 0.25) is 0 Å². The number of carbonyl (C=O) groups is 1. The van der Waals surface area contributed by atoms with Crippen LogP contribution < -0.4 is 0 Å². The van der Waals surface area contributed by atoms with E-state index < -0.39 is 0 Å². The zero-order valence-electron chi connectivity index (χ0n) is 8.59. The molecule has 72 valence electrons. The van der Waals surface area contributed by atoms with Crippen molar-refractivity contribution in [2.45, 2.75) is 53.1 Å². The fourth-order valence-corrected chi connectivity index (χ4v) is 1.04. The van der Waals surface area contributed by atoms with Gasteiger partial charge in [-0.05, 0) is 24.7 Å². The van der Waals surface area contributed by atoms with Crippen molar-refractivity contribution in [2.75, 3.05) is 0 Å². The van der Waals surface area contributed by atoms with Crippen molar-refractivity contribution in [1.82, 2.24) is 0 Å². The van der Waals surface area contributed by atoms with Gasteiger partial charge in [0.25, 0.3) is 6.47 Å². The van der Waals surface area contributed by atoms with E-state index in [0.717, 1.165) is 19.3 Å². The van der Waals surface area contributed by atoms with Gasteiger partial charge >= 0.3 is 0 Å². The molecular weight excluding hydrogens is 152 g/mol. The van der Waals surface area contributed by atoms with Crippen LogP contribution in [-0.2, 0) is 9.53 Å². The summed E-state index contributed by atoms with van der Waals surface area (Å²) in [5.74, 6) is 0. The van der Waals surface area contributed by atoms with Gasteiger partial charge in [0.15, 0.2) is 0 Å². The van der Waals surface area contributed by atoms with Gasteiger partial charge in [-0.15, -0.1) is 0 Å². The van der Waals surface area contributed by atoms with E-state index in [4.69, 9.17) is 4.74 Å². The first-order valence-electron chi connectivity index (χ1n) is 4.58. The molecule has 0 saturated carbocycles. The first-order valence-corrected chi connectivity index (χ1v) is 4.58. The van der Waals surface area contributed by atoms with Crippen molar-refractivity contribution in [3.05, 3.63) is 0 Å². The Hall–Kier alpha value is -0.530. The van der Waals surface area contributed by atoms with Crippen LogP contribution in [-0.4, -0.2) is 12.6 Å². The van der Waals surface area contributed by atoms with E-state index in [9.17, 15) is 4.79 Å². The zero-order valence-corrected chi connectivity index (χ0v) is 8.59. The molecule has 0 spiro atoms. The van der Waals surface area contributed by atoms with Gasteiger partial charge in [-0.1, -0.05) is 27.7 Å². The molecule has 0 N–H and O–H groups in total. The molecule has 0 heterocycles. The quantitative estimate of drug-likeness (QED) is 0.596. The van der Waals surface area contributed by atoms with Gasteiger partial charge < -0.3 is 4.74 Å². The minimum absolute atomic E-state index is 0.113. The van der Waals surface area contributed by atoms with Gasteiger partial charge in [-0.2, -0.15) is 0 Å². The molecule has 0 aromatic heterocycles. The first kappa shape index (κ1) is 11.5. The van der Waals surface area contributed by atoms with Crippen LogP contribution in [0.3, 0.4) is 0 Å². The van der Waals surface area contributed by atoms with Gasteiger partial charge in [0.1, 0.15) is 6.10 Å². The molecule has 0 bridgehead atoms. The fourth-order valence-electron chi connectivity index (χ4n) is 1.04. The molecule has 12 heavy (non-hydrogen) atoms. The highest BCUT2D eigenvalue weighted by molar-refractivity contribution is 5.37. The van der Waals surface area contributed by atoms with Crippen molar-refractivity contribution in [1.29, 1.82) is 0 Å². The topological polar surface area (TPSA) is 26.3 Å². The maximum absolute atomic E-state index is 10.1. The summed E-state index contributed by atoms with van der Waals surface area (Å²) in [6.07, 6.45) is 3.09. The van der Waals surface area contributed by atoms with E-state index in [1.807, 2.05) is 6.92 Å². The van der Waals surface area contributed by atoms with Crippen molar-refractivity contribution in [2.24, 2.45) is 5.41 Å². The van der Waals surface area contributed by atoms with Crippen LogP contribution in [0.2, 0.25) is 0 Å². The fraction of sp³-hybridized carbons (Fsp3) is 0.900. The minimum atomic E-state index is 0.113. The smallest absolute Gasteiger partial charge is 0.293 e. The second kappa shape index (κ2) is 5.18. The van der Waals surface area contributed by atoms with Crippen LogP contribution in [0.25, 0.3) is 0 Å². The van der Waals surface area contributed by atoms with Gasteiger partial charge in [-0.25, -0.2) is 0 Å². The lowest BCUT2D eigenvalue weighted by Crippen LogP contribution is -2.15. The van der Waals surface area contributed by atoms with Crippen LogP contribution >= 0.6 is 0 Å². The van der Waals surface area contributed by atoms with Crippen LogP contribution in [0.4, 0.5) is 0 Å².